The highest BCUT2D eigenvalue weighted by Gasteiger charge is 2.46. The zero-order chi connectivity index (χ0) is 23.5. The second-order valence-corrected chi connectivity index (χ2v) is 9.60. The second-order valence-electron chi connectivity index (χ2n) is 9.60. The van der Waals surface area contributed by atoms with Crippen molar-refractivity contribution in [3.8, 4) is 5.75 Å². The Kier molecular flexibility index (Phi) is 4.40. The van der Waals surface area contributed by atoms with Crippen molar-refractivity contribution in [2.24, 2.45) is 0 Å². The van der Waals surface area contributed by atoms with Gasteiger partial charge in [-0.05, 0) is 53.8 Å². The normalized spacial score (nSPS) is 28.8. The molecule has 0 saturated heterocycles. The van der Waals surface area contributed by atoms with Crippen LogP contribution in [0.3, 0.4) is 0 Å². The molecule has 2 heterocycles. The number of nitro groups is 1. The van der Waals surface area contributed by atoms with Gasteiger partial charge in [-0.1, -0.05) is 60.7 Å². The van der Waals surface area contributed by atoms with Crippen LogP contribution >= 0.6 is 0 Å². The fraction of sp³-hybridized carbons (Fsp3) is 0.207. The van der Waals surface area contributed by atoms with Crippen molar-refractivity contribution in [1.29, 1.82) is 0 Å². The molecule has 2 aliphatic carbocycles. The topological polar surface area (TPSA) is 65.3 Å². The number of nitrogens with zero attached hydrogens (tertiary/aromatic N) is 2. The van der Waals surface area contributed by atoms with Gasteiger partial charge in [-0.2, -0.15) is 0 Å². The van der Waals surface area contributed by atoms with E-state index in [2.05, 4.69) is 48.3 Å². The largest absolute Gasteiger partial charge is 0.482 e. The molecule has 3 aliphatic rings. The molecule has 0 saturated carbocycles. The molecule has 0 amide bonds. The van der Waals surface area contributed by atoms with E-state index in [1.165, 1.54) is 0 Å². The molecule has 0 spiro atoms. The van der Waals surface area contributed by atoms with E-state index in [9.17, 15) is 10.1 Å². The summed E-state index contributed by atoms with van der Waals surface area (Å²) < 4.78 is 6.53. The van der Waals surface area contributed by atoms with E-state index in [1.54, 1.807) is 19.2 Å². The molecule has 6 rings (SSSR count). The predicted octanol–water partition coefficient (Wildman–Crippen LogP) is 6.37. The van der Waals surface area contributed by atoms with E-state index in [4.69, 9.17) is 4.74 Å². The second kappa shape index (κ2) is 7.26. The van der Waals surface area contributed by atoms with Gasteiger partial charge < -0.3 is 4.74 Å². The number of aromatic nitrogens is 1. The summed E-state index contributed by atoms with van der Waals surface area (Å²) in [4.78, 5) is 16.5. The number of ether oxygens (including phenoxy) is 1. The fourth-order valence-electron chi connectivity index (χ4n) is 5.40. The van der Waals surface area contributed by atoms with Gasteiger partial charge in [0.15, 0.2) is 0 Å². The predicted molar refractivity (Wildman–Crippen MR) is 133 cm³/mol. The van der Waals surface area contributed by atoms with Crippen molar-refractivity contribution in [3.05, 3.63) is 124 Å². The van der Waals surface area contributed by atoms with Crippen LogP contribution in [0, 0.1) is 10.1 Å². The summed E-state index contributed by atoms with van der Waals surface area (Å²) in [5.41, 5.74) is 2.03. The van der Waals surface area contributed by atoms with Crippen molar-refractivity contribution < 1.29 is 9.66 Å². The Labute approximate surface area is 197 Å². The molecule has 1 aliphatic heterocycles. The minimum absolute atomic E-state index is 0.151. The molecule has 5 nitrogen and oxygen atoms in total. The zero-order valence-electron chi connectivity index (χ0n) is 19.0. The summed E-state index contributed by atoms with van der Waals surface area (Å²) in [7, 11) is 0. The summed E-state index contributed by atoms with van der Waals surface area (Å²) >= 11 is 0. The Balaban J connectivity index is 1.51. The average Bonchev–Trinajstić information content (AvgIpc) is 3.17. The summed E-state index contributed by atoms with van der Waals surface area (Å²) in [6.07, 6.45) is 15.6. The molecule has 0 fully saturated rings. The number of fused-ring (bicyclic) bond motifs is 5. The van der Waals surface area contributed by atoms with Crippen LogP contribution in [-0.2, 0) is 0 Å². The zero-order valence-corrected chi connectivity index (χ0v) is 19.0. The van der Waals surface area contributed by atoms with Crippen molar-refractivity contribution in [3.63, 3.8) is 0 Å². The lowest BCUT2D eigenvalue weighted by molar-refractivity contribution is -0.553. The maximum absolute atomic E-state index is 12.2. The van der Waals surface area contributed by atoms with Gasteiger partial charge in [0.25, 0.3) is 0 Å². The van der Waals surface area contributed by atoms with Gasteiger partial charge in [0.2, 0.25) is 5.54 Å². The minimum Gasteiger partial charge on any atom is -0.482 e. The molecule has 1 aromatic heterocycles. The smallest absolute Gasteiger partial charge is 0.248 e. The van der Waals surface area contributed by atoms with Crippen LogP contribution in [0.1, 0.15) is 42.5 Å². The molecule has 4 atom stereocenters. The summed E-state index contributed by atoms with van der Waals surface area (Å²) in [6, 6.07) is 16.1. The number of allylic oxidation sites excluding steroid dienone is 4. The molecule has 0 N–H and O–H groups in total. The highest BCUT2D eigenvalue weighted by molar-refractivity contribution is 5.92. The molecule has 5 heteroatoms. The molecule has 0 radical (unpaired) electrons. The quantitative estimate of drug-likeness (QED) is 0.345. The van der Waals surface area contributed by atoms with Crippen LogP contribution in [0.4, 0.5) is 0 Å². The monoisotopic (exact) mass is 448 g/mol. The van der Waals surface area contributed by atoms with Crippen LogP contribution < -0.4 is 4.74 Å². The summed E-state index contributed by atoms with van der Waals surface area (Å²) in [6.45, 7) is 3.78. The number of hydrogen-bond acceptors (Lipinski definition) is 4. The Hall–Kier alpha value is -3.99. The van der Waals surface area contributed by atoms with Gasteiger partial charge in [-0.25, -0.2) is 0 Å². The molecule has 0 bridgehead atoms. The SMILES string of the molecule is CC12C=CC=CC1c1ccc3ccc(C4C=C(c5ccccn5)C=CC4(C)[N+](=O)[O-])cc3c1O2. The van der Waals surface area contributed by atoms with E-state index < -0.39 is 17.1 Å². The molecule has 34 heavy (non-hydrogen) atoms. The van der Waals surface area contributed by atoms with E-state index in [0.717, 1.165) is 38.9 Å². The average molecular weight is 449 g/mol. The van der Waals surface area contributed by atoms with Gasteiger partial charge in [-0.15, -0.1) is 0 Å². The number of hydrogen-bond donors (Lipinski definition) is 0. The van der Waals surface area contributed by atoms with E-state index in [0.29, 0.717) is 0 Å². The first-order valence-corrected chi connectivity index (χ1v) is 11.5. The lowest BCUT2D eigenvalue weighted by atomic mass is 9.75. The van der Waals surface area contributed by atoms with E-state index in [-0.39, 0.29) is 10.8 Å². The molecule has 4 unspecified atom stereocenters. The van der Waals surface area contributed by atoms with Crippen LogP contribution in [0.25, 0.3) is 16.3 Å². The fourth-order valence-corrected chi connectivity index (χ4v) is 5.40. The Morgan fingerprint density at radius 3 is 2.68 bits per heavy atom. The first kappa shape index (κ1) is 20.6. The van der Waals surface area contributed by atoms with Gasteiger partial charge >= 0.3 is 0 Å². The van der Waals surface area contributed by atoms with Crippen molar-refractivity contribution in [1.82, 2.24) is 4.98 Å². The van der Waals surface area contributed by atoms with Crippen LogP contribution in [-0.4, -0.2) is 21.0 Å². The van der Waals surface area contributed by atoms with Crippen molar-refractivity contribution in [2.75, 3.05) is 0 Å². The van der Waals surface area contributed by atoms with Crippen molar-refractivity contribution in [2.45, 2.75) is 36.8 Å². The molecular weight excluding hydrogens is 424 g/mol. The molecule has 2 aromatic carbocycles. The Morgan fingerprint density at radius 2 is 1.88 bits per heavy atom. The highest BCUT2D eigenvalue weighted by atomic mass is 16.6. The number of benzene rings is 2. The number of rotatable bonds is 3. The van der Waals surface area contributed by atoms with Gasteiger partial charge in [0.05, 0.1) is 11.6 Å². The van der Waals surface area contributed by atoms with Crippen LogP contribution in [0.15, 0.2) is 97.3 Å². The highest BCUT2D eigenvalue weighted by Crippen LogP contribution is 2.51. The van der Waals surface area contributed by atoms with Crippen LogP contribution in [0.2, 0.25) is 0 Å². The maximum atomic E-state index is 12.2. The minimum atomic E-state index is -1.27. The third kappa shape index (κ3) is 2.97. The first-order chi connectivity index (χ1) is 16.4. The van der Waals surface area contributed by atoms with Crippen molar-refractivity contribution >= 4 is 16.3 Å². The van der Waals surface area contributed by atoms with Crippen LogP contribution in [0.5, 0.6) is 5.75 Å². The third-order valence-corrected chi connectivity index (χ3v) is 7.43. The maximum Gasteiger partial charge on any atom is 0.248 e. The number of pyridine rings is 1. The van der Waals surface area contributed by atoms with Gasteiger partial charge in [0.1, 0.15) is 11.4 Å². The lowest BCUT2D eigenvalue weighted by Gasteiger charge is -2.29. The van der Waals surface area contributed by atoms with Gasteiger partial charge in [0, 0.05) is 34.9 Å². The van der Waals surface area contributed by atoms with Gasteiger partial charge in [-0.3, -0.25) is 15.1 Å². The standard InChI is InChI=1S/C29H24N2O3/c1-28(31(32)33)15-13-21(26-8-4-6-16-30-26)18-25(28)20-10-9-19-11-12-22-24-7-3-5-14-29(24,2)34-27(22)23(19)17-20/h3-18,24-25H,1-2H3. The molecule has 3 aromatic rings. The first-order valence-electron chi connectivity index (χ1n) is 11.5. The molecule has 168 valence electrons. The third-order valence-electron chi connectivity index (χ3n) is 7.43. The van der Waals surface area contributed by atoms with E-state index in [1.807, 2.05) is 48.6 Å². The Bertz CT molecular complexity index is 1450. The Morgan fingerprint density at radius 1 is 1.03 bits per heavy atom. The summed E-state index contributed by atoms with van der Waals surface area (Å²) in [5, 5.41) is 14.3. The van der Waals surface area contributed by atoms with E-state index >= 15 is 0 Å². The summed E-state index contributed by atoms with van der Waals surface area (Å²) in [5.74, 6) is 0.563. The lowest BCUT2D eigenvalue weighted by Crippen LogP contribution is -2.40. The molecular formula is C29H24N2O3.